The van der Waals surface area contributed by atoms with Crippen LogP contribution >= 0.6 is 0 Å². The molecule has 0 aliphatic carbocycles. The lowest BCUT2D eigenvalue weighted by Crippen LogP contribution is -2.58. The fourth-order valence-corrected chi connectivity index (χ4v) is 2.75. The average molecular weight is 474 g/mol. The molecule has 0 fully saturated rings. The zero-order chi connectivity index (χ0) is 25.9. The molecule has 0 spiro atoms. The molecule has 4 amide bonds. The van der Waals surface area contributed by atoms with E-state index in [4.69, 9.17) is 16.6 Å². The maximum absolute atomic E-state index is 12.7. The fourth-order valence-electron chi connectivity index (χ4n) is 2.75. The van der Waals surface area contributed by atoms with Crippen LogP contribution < -0.4 is 27.4 Å². The Labute approximate surface area is 192 Å². The standard InChI is InChI=1S/C20H35N5O8/c1-9(2)7-13(20(32)33)25-17(29)11(5-6-14(21)26)23-18(30)12(8-15(27)28)24-19(31)16(22)10(3)4/h9-13,16H,5-8,22H2,1-4H3,(H2,21,26)(H,23,30)(H,24,31)(H,25,29)(H,27,28)(H,32,33). The van der Waals surface area contributed by atoms with E-state index in [-0.39, 0.29) is 31.1 Å². The van der Waals surface area contributed by atoms with Crippen molar-refractivity contribution in [2.45, 2.75) is 77.5 Å². The van der Waals surface area contributed by atoms with Gasteiger partial charge in [0.15, 0.2) is 0 Å². The highest BCUT2D eigenvalue weighted by Crippen LogP contribution is 2.08. The first-order chi connectivity index (χ1) is 15.1. The van der Waals surface area contributed by atoms with Crippen LogP contribution in [0, 0.1) is 11.8 Å². The SMILES string of the molecule is CC(C)CC(NC(=O)C(CCC(N)=O)NC(=O)C(CC(=O)O)NC(=O)C(N)C(C)C)C(=O)O. The lowest BCUT2D eigenvalue weighted by Gasteiger charge is -2.25. The van der Waals surface area contributed by atoms with Gasteiger partial charge >= 0.3 is 11.9 Å². The van der Waals surface area contributed by atoms with E-state index in [2.05, 4.69) is 16.0 Å². The van der Waals surface area contributed by atoms with Crippen LogP contribution in [0.2, 0.25) is 0 Å². The third-order valence-electron chi connectivity index (χ3n) is 4.67. The number of nitrogens with one attached hydrogen (secondary N) is 3. The van der Waals surface area contributed by atoms with Gasteiger partial charge in [0.05, 0.1) is 12.5 Å². The summed E-state index contributed by atoms with van der Waals surface area (Å²) in [6.07, 6.45) is -1.26. The van der Waals surface area contributed by atoms with Gasteiger partial charge in [-0.15, -0.1) is 0 Å². The van der Waals surface area contributed by atoms with E-state index in [0.29, 0.717) is 0 Å². The Hall–Kier alpha value is -3.22. The maximum atomic E-state index is 12.7. The molecule has 13 nitrogen and oxygen atoms in total. The number of amides is 4. The molecular formula is C20H35N5O8. The quantitative estimate of drug-likeness (QED) is 0.143. The van der Waals surface area contributed by atoms with Crippen LogP contribution in [0.1, 0.15) is 53.4 Å². The summed E-state index contributed by atoms with van der Waals surface area (Å²) < 4.78 is 0. The molecule has 4 atom stereocenters. The van der Waals surface area contributed by atoms with Gasteiger partial charge in [0, 0.05) is 6.42 Å². The normalized spacial score (nSPS) is 14.6. The van der Waals surface area contributed by atoms with Crippen molar-refractivity contribution in [3.63, 3.8) is 0 Å². The summed E-state index contributed by atoms with van der Waals surface area (Å²) >= 11 is 0. The predicted octanol–water partition coefficient (Wildman–Crippen LogP) is -1.70. The third kappa shape index (κ3) is 11.8. The van der Waals surface area contributed by atoms with Crippen molar-refractivity contribution < 1.29 is 39.0 Å². The molecule has 9 N–H and O–H groups in total. The molecule has 188 valence electrons. The second-order valence-electron chi connectivity index (χ2n) is 8.52. The van der Waals surface area contributed by atoms with Crippen molar-refractivity contribution in [1.29, 1.82) is 0 Å². The Morgan fingerprint density at radius 1 is 0.788 bits per heavy atom. The summed E-state index contributed by atoms with van der Waals surface area (Å²) in [5.74, 6) is -6.46. The monoisotopic (exact) mass is 473 g/mol. The molecule has 0 heterocycles. The zero-order valence-corrected chi connectivity index (χ0v) is 19.3. The number of carbonyl (C=O) groups excluding carboxylic acids is 4. The van der Waals surface area contributed by atoms with Crippen LogP contribution in [0.15, 0.2) is 0 Å². The lowest BCUT2D eigenvalue weighted by atomic mass is 10.0. The van der Waals surface area contributed by atoms with Gasteiger partial charge in [-0.05, 0) is 24.7 Å². The highest BCUT2D eigenvalue weighted by molar-refractivity contribution is 5.95. The van der Waals surface area contributed by atoms with Crippen molar-refractivity contribution >= 4 is 35.6 Å². The van der Waals surface area contributed by atoms with E-state index in [9.17, 15) is 33.9 Å². The average Bonchev–Trinajstić information content (AvgIpc) is 2.67. The van der Waals surface area contributed by atoms with Crippen LogP contribution in [-0.4, -0.2) is 69.9 Å². The van der Waals surface area contributed by atoms with Gasteiger partial charge in [-0.3, -0.25) is 24.0 Å². The van der Waals surface area contributed by atoms with Gasteiger partial charge in [-0.1, -0.05) is 27.7 Å². The summed E-state index contributed by atoms with van der Waals surface area (Å²) in [4.78, 5) is 71.5. The Balaban J connectivity index is 5.61. The van der Waals surface area contributed by atoms with E-state index in [0.717, 1.165) is 0 Å². The molecule has 33 heavy (non-hydrogen) atoms. The first-order valence-corrected chi connectivity index (χ1v) is 10.5. The third-order valence-corrected chi connectivity index (χ3v) is 4.67. The first-order valence-electron chi connectivity index (χ1n) is 10.5. The molecule has 0 aliphatic heterocycles. The van der Waals surface area contributed by atoms with Gasteiger partial charge in [0.2, 0.25) is 23.6 Å². The number of rotatable bonds is 15. The Bertz CT molecular complexity index is 740. The molecule has 0 saturated carbocycles. The smallest absolute Gasteiger partial charge is 0.326 e. The summed E-state index contributed by atoms with van der Waals surface area (Å²) in [6.45, 7) is 6.85. The number of carboxylic acid groups (broad SMARTS) is 2. The maximum Gasteiger partial charge on any atom is 0.326 e. The van der Waals surface area contributed by atoms with Crippen LogP contribution in [0.3, 0.4) is 0 Å². The van der Waals surface area contributed by atoms with E-state index < -0.39 is 66.2 Å². The van der Waals surface area contributed by atoms with Crippen LogP contribution in [0.4, 0.5) is 0 Å². The topological polar surface area (TPSA) is 231 Å². The highest BCUT2D eigenvalue weighted by atomic mass is 16.4. The summed E-state index contributed by atoms with van der Waals surface area (Å²) in [5.41, 5.74) is 10.8. The van der Waals surface area contributed by atoms with Gasteiger partial charge in [0.25, 0.3) is 0 Å². The Kier molecular flexibility index (Phi) is 12.7. The van der Waals surface area contributed by atoms with Crippen LogP contribution in [-0.2, 0) is 28.8 Å². The number of nitrogens with two attached hydrogens (primary N) is 2. The summed E-state index contributed by atoms with van der Waals surface area (Å²) in [5, 5.41) is 25.3. The summed E-state index contributed by atoms with van der Waals surface area (Å²) in [6, 6.07) is -5.21. The molecule has 13 heteroatoms. The second kappa shape index (κ2) is 14.0. The molecular weight excluding hydrogens is 438 g/mol. The summed E-state index contributed by atoms with van der Waals surface area (Å²) in [7, 11) is 0. The molecule has 0 bridgehead atoms. The van der Waals surface area contributed by atoms with E-state index in [1.807, 2.05) is 0 Å². The van der Waals surface area contributed by atoms with Crippen molar-refractivity contribution in [1.82, 2.24) is 16.0 Å². The van der Waals surface area contributed by atoms with E-state index in [1.165, 1.54) is 0 Å². The predicted molar refractivity (Wildman–Crippen MR) is 116 cm³/mol. The Morgan fingerprint density at radius 3 is 1.70 bits per heavy atom. The van der Waals surface area contributed by atoms with Gasteiger partial charge in [-0.2, -0.15) is 0 Å². The van der Waals surface area contributed by atoms with Gasteiger partial charge in [0.1, 0.15) is 18.1 Å². The number of primary amides is 1. The van der Waals surface area contributed by atoms with E-state index >= 15 is 0 Å². The van der Waals surface area contributed by atoms with Crippen molar-refractivity contribution in [3.8, 4) is 0 Å². The lowest BCUT2D eigenvalue weighted by molar-refractivity contribution is -0.143. The molecule has 0 aliphatic rings. The molecule has 4 unspecified atom stereocenters. The van der Waals surface area contributed by atoms with Gasteiger partial charge < -0.3 is 37.6 Å². The van der Waals surface area contributed by atoms with Crippen LogP contribution in [0.5, 0.6) is 0 Å². The molecule has 0 aromatic rings. The number of carbonyl (C=O) groups is 6. The molecule has 0 radical (unpaired) electrons. The second-order valence-corrected chi connectivity index (χ2v) is 8.52. The fraction of sp³-hybridized carbons (Fsp3) is 0.700. The molecule has 0 saturated heterocycles. The van der Waals surface area contributed by atoms with Crippen molar-refractivity contribution in [2.24, 2.45) is 23.3 Å². The van der Waals surface area contributed by atoms with Crippen LogP contribution in [0.25, 0.3) is 0 Å². The molecule has 0 rings (SSSR count). The number of hydrogen-bond acceptors (Lipinski definition) is 7. The molecule has 0 aromatic carbocycles. The van der Waals surface area contributed by atoms with Crippen molar-refractivity contribution in [3.05, 3.63) is 0 Å². The largest absolute Gasteiger partial charge is 0.481 e. The minimum atomic E-state index is -1.56. The molecule has 0 aromatic heterocycles. The van der Waals surface area contributed by atoms with E-state index in [1.54, 1.807) is 27.7 Å². The van der Waals surface area contributed by atoms with Gasteiger partial charge in [-0.25, -0.2) is 4.79 Å². The Morgan fingerprint density at radius 2 is 1.27 bits per heavy atom. The number of carboxylic acids is 2. The first kappa shape index (κ1) is 29.8. The number of hydrogen-bond donors (Lipinski definition) is 7. The number of aliphatic carboxylic acids is 2. The minimum Gasteiger partial charge on any atom is -0.481 e. The highest BCUT2D eigenvalue weighted by Gasteiger charge is 2.32. The minimum absolute atomic E-state index is 0.0645. The van der Waals surface area contributed by atoms with Crippen molar-refractivity contribution in [2.75, 3.05) is 0 Å². The zero-order valence-electron chi connectivity index (χ0n) is 19.3.